The molecular weight excluding hydrogens is 238 g/mol. The molecule has 0 radical (unpaired) electrons. The lowest BCUT2D eigenvalue weighted by atomic mass is 10.4. The molecule has 15 heavy (non-hydrogen) atoms. The van der Waals surface area contributed by atoms with Crippen LogP contribution in [0.3, 0.4) is 0 Å². The van der Waals surface area contributed by atoms with Crippen LogP contribution in [0.2, 0.25) is 0 Å². The van der Waals surface area contributed by atoms with E-state index in [9.17, 15) is 8.42 Å². The Kier molecular flexibility index (Phi) is 2.20. The standard InChI is InChI=1S/C8H8ClN3O2S/c1-5-3-7-11-8(15(9,13)14)4-12(7)6(2)10-5/h3-4H,1-2H3. The Balaban J connectivity index is 2.82. The lowest BCUT2D eigenvalue weighted by Gasteiger charge is -1.98. The van der Waals surface area contributed by atoms with Gasteiger partial charge < -0.3 is 0 Å². The van der Waals surface area contributed by atoms with Crippen molar-refractivity contribution in [2.75, 3.05) is 0 Å². The fourth-order valence-electron chi connectivity index (χ4n) is 1.38. The third-order valence-corrected chi connectivity index (χ3v) is 3.16. The lowest BCUT2D eigenvalue weighted by molar-refractivity contribution is 0.607. The molecule has 80 valence electrons. The van der Waals surface area contributed by atoms with Crippen LogP contribution in [0.25, 0.3) is 5.65 Å². The van der Waals surface area contributed by atoms with Gasteiger partial charge in [-0.3, -0.25) is 4.40 Å². The Morgan fingerprint density at radius 1 is 1.33 bits per heavy atom. The Morgan fingerprint density at radius 3 is 2.60 bits per heavy atom. The minimum absolute atomic E-state index is 0.153. The number of hydrogen-bond donors (Lipinski definition) is 0. The molecule has 0 saturated heterocycles. The number of halogens is 1. The average Bonchev–Trinajstić information content (AvgIpc) is 2.46. The van der Waals surface area contributed by atoms with Gasteiger partial charge in [-0.15, -0.1) is 0 Å². The van der Waals surface area contributed by atoms with Gasteiger partial charge >= 0.3 is 0 Å². The van der Waals surface area contributed by atoms with E-state index < -0.39 is 9.05 Å². The molecule has 2 rings (SSSR count). The number of hydrogen-bond acceptors (Lipinski definition) is 4. The summed E-state index contributed by atoms with van der Waals surface area (Å²) in [5.41, 5.74) is 1.31. The van der Waals surface area contributed by atoms with E-state index in [4.69, 9.17) is 10.7 Å². The normalized spacial score (nSPS) is 12.2. The van der Waals surface area contributed by atoms with Crippen LogP contribution < -0.4 is 0 Å². The molecule has 0 aromatic carbocycles. The van der Waals surface area contributed by atoms with Gasteiger partial charge in [-0.05, 0) is 13.8 Å². The number of nitrogens with zero attached hydrogens (tertiary/aromatic N) is 3. The zero-order chi connectivity index (χ0) is 11.2. The van der Waals surface area contributed by atoms with E-state index in [0.29, 0.717) is 11.5 Å². The van der Waals surface area contributed by atoms with Crippen molar-refractivity contribution in [3.63, 3.8) is 0 Å². The van der Waals surface area contributed by atoms with Gasteiger partial charge in [-0.2, -0.15) is 0 Å². The van der Waals surface area contributed by atoms with E-state index >= 15 is 0 Å². The molecule has 0 saturated carbocycles. The van der Waals surface area contributed by atoms with Crippen LogP contribution >= 0.6 is 10.7 Å². The molecule has 0 amide bonds. The van der Waals surface area contributed by atoms with Crippen molar-refractivity contribution in [3.8, 4) is 0 Å². The van der Waals surface area contributed by atoms with Crippen LogP contribution in [-0.2, 0) is 9.05 Å². The maximum absolute atomic E-state index is 11.1. The topological polar surface area (TPSA) is 64.3 Å². The third kappa shape index (κ3) is 1.82. The zero-order valence-electron chi connectivity index (χ0n) is 8.10. The van der Waals surface area contributed by atoms with Crippen LogP contribution in [0.5, 0.6) is 0 Å². The summed E-state index contributed by atoms with van der Waals surface area (Å²) in [5.74, 6) is 0.670. The predicted molar refractivity (Wildman–Crippen MR) is 55.5 cm³/mol. The van der Waals surface area contributed by atoms with Gasteiger partial charge in [0.25, 0.3) is 9.05 Å². The second-order valence-electron chi connectivity index (χ2n) is 3.19. The first-order valence-electron chi connectivity index (χ1n) is 4.16. The van der Waals surface area contributed by atoms with E-state index in [1.165, 1.54) is 6.20 Å². The van der Waals surface area contributed by atoms with Crippen molar-refractivity contribution >= 4 is 25.4 Å². The van der Waals surface area contributed by atoms with Crippen LogP contribution in [0, 0.1) is 13.8 Å². The molecular formula is C8H8ClN3O2S. The van der Waals surface area contributed by atoms with E-state index in [-0.39, 0.29) is 5.03 Å². The number of rotatable bonds is 1. The highest BCUT2D eigenvalue weighted by Gasteiger charge is 2.15. The molecule has 0 fully saturated rings. The fourth-order valence-corrected chi connectivity index (χ4v) is 2.04. The van der Waals surface area contributed by atoms with Crippen molar-refractivity contribution in [1.29, 1.82) is 0 Å². The Labute approximate surface area is 91.2 Å². The molecule has 0 aliphatic rings. The van der Waals surface area contributed by atoms with Gasteiger partial charge in [0.1, 0.15) is 11.5 Å². The van der Waals surface area contributed by atoms with E-state index in [1.54, 1.807) is 17.4 Å². The Morgan fingerprint density at radius 2 is 2.00 bits per heavy atom. The second kappa shape index (κ2) is 3.18. The first-order chi connectivity index (χ1) is 6.88. The second-order valence-corrected chi connectivity index (χ2v) is 5.70. The first kappa shape index (κ1) is 10.4. The quantitative estimate of drug-likeness (QED) is 0.710. The maximum atomic E-state index is 11.1. The van der Waals surface area contributed by atoms with Crippen LogP contribution in [0.4, 0.5) is 0 Å². The molecule has 7 heteroatoms. The van der Waals surface area contributed by atoms with Gasteiger partial charge in [-0.1, -0.05) is 0 Å². The molecule has 2 aromatic heterocycles. The molecule has 2 heterocycles. The van der Waals surface area contributed by atoms with Crippen molar-refractivity contribution in [1.82, 2.24) is 14.4 Å². The summed E-state index contributed by atoms with van der Waals surface area (Å²) >= 11 is 0. The SMILES string of the molecule is Cc1cc2nc(S(=O)(=O)Cl)cn2c(C)n1. The van der Waals surface area contributed by atoms with E-state index in [0.717, 1.165) is 5.69 Å². The monoisotopic (exact) mass is 245 g/mol. The summed E-state index contributed by atoms with van der Waals surface area (Å²) in [6.07, 6.45) is 1.36. The highest BCUT2D eigenvalue weighted by Crippen LogP contribution is 2.16. The maximum Gasteiger partial charge on any atom is 0.280 e. The molecule has 0 aliphatic heterocycles. The first-order valence-corrected chi connectivity index (χ1v) is 6.47. The molecule has 0 unspecified atom stereocenters. The molecule has 5 nitrogen and oxygen atoms in total. The number of aromatic nitrogens is 3. The predicted octanol–water partition coefficient (Wildman–Crippen LogP) is 1.27. The molecule has 0 bridgehead atoms. The highest BCUT2D eigenvalue weighted by atomic mass is 35.7. The summed E-state index contributed by atoms with van der Waals surface area (Å²) in [4.78, 5) is 8.09. The van der Waals surface area contributed by atoms with Crippen LogP contribution in [0.15, 0.2) is 17.3 Å². The lowest BCUT2D eigenvalue weighted by Crippen LogP contribution is -1.95. The summed E-state index contributed by atoms with van der Waals surface area (Å²) < 4.78 is 23.7. The van der Waals surface area contributed by atoms with Gasteiger partial charge in [-0.25, -0.2) is 18.4 Å². The summed E-state index contributed by atoms with van der Waals surface area (Å²) in [7, 11) is 1.42. The molecule has 0 spiro atoms. The zero-order valence-corrected chi connectivity index (χ0v) is 9.67. The summed E-state index contributed by atoms with van der Waals surface area (Å²) in [6, 6.07) is 1.69. The minimum atomic E-state index is -3.78. The van der Waals surface area contributed by atoms with Crippen molar-refractivity contribution in [2.24, 2.45) is 0 Å². The number of aryl methyl sites for hydroxylation is 2. The minimum Gasteiger partial charge on any atom is -0.287 e. The fraction of sp³-hybridized carbons (Fsp3) is 0.250. The van der Waals surface area contributed by atoms with Crippen LogP contribution in [-0.4, -0.2) is 22.8 Å². The number of fused-ring (bicyclic) bond motifs is 1. The van der Waals surface area contributed by atoms with Gasteiger partial charge in [0.05, 0.1) is 6.20 Å². The van der Waals surface area contributed by atoms with Crippen molar-refractivity contribution in [2.45, 2.75) is 18.9 Å². The Hall–Kier alpha value is -1.14. The number of imidazole rings is 1. The van der Waals surface area contributed by atoms with Crippen LogP contribution in [0.1, 0.15) is 11.5 Å². The summed E-state index contributed by atoms with van der Waals surface area (Å²) in [6.45, 7) is 3.59. The van der Waals surface area contributed by atoms with E-state index in [2.05, 4.69) is 9.97 Å². The molecule has 2 aromatic rings. The van der Waals surface area contributed by atoms with Crippen molar-refractivity contribution < 1.29 is 8.42 Å². The van der Waals surface area contributed by atoms with E-state index in [1.807, 2.05) is 6.92 Å². The molecule has 0 aliphatic carbocycles. The average molecular weight is 246 g/mol. The highest BCUT2D eigenvalue weighted by molar-refractivity contribution is 8.13. The Bertz CT molecular complexity index is 633. The molecule has 0 N–H and O–H groups in total. The van der Waals surface area contributed by atoms with Gasteiger partial charge in [0.15, 0.2) is 5.03 Å². The van der Waals surface area contributed by atoms with Gasteiger partial charge in [0, 0.05) is 22.4 Å². The third-order valence-electron chi connectivity index (χ3n) is 1.99. The van der Waals surface area contributed by atoms with Gasteiger partial charge in [0.2, 0.25) is 0 Å². The molecule has 0 atom stereocenters. The summed E-state index contributed by atoms with van der Waals surface area (Å²) in [5, 5.41) is -0.153. The smallest absolute Gasteiger partial charge is 0.280 e. The van der Waals surface area contributed by atoms with Crippen molar-refractivity contribution in [3.05, 3.63) is 23.8 Å². The largest absolute Gasteiger partial charge is 0.287 e.